The summed E-state index contributed by atoms with van der Waals surface area (Å²) in [6, 6.07) is 6.55. The number of carboxylic acids is 1. The Hall–Kier alpha value is -1.89. The first kappa shape index (κ1) is 19.2. The molecule has 0 heterocycles. The number of carbonyl (C=O) groups is 3. The van der Waals surface area contributed by atoms with Crippen LogP contribution in [0.15, 0.2) is 28.7 Å². The molecule has 0 saturated carbocycles. The van der Waals surface area contributed by atoms with Crippen molar-refractivity contribution in [3.8, 4) is 0 Å². The topological polar surface area (TPSA) is 95.5 Å². The molecule has 6 nitrogen and oxygen atoms in total. The molecule has 1 aromatic carbocycles. The number of carbonyl (C=O) groups excluding carboxylic acids is 2. The van der Waals surface area contributed by atoms with Gasteiger partial charge in [0.15, 0.2) is 0 Å². The molecule has 1 aromatic rings. The molecule has 2 amide bonds. The first-order chi connectivity index (χ1) is 10.9. The quantitative estimate of drug-likeness (QED) is 0.608. The summed E-state index contributed by atoms with van der Waals surface area (Å²) in [5.74, 6) is -1.33. The maximum Gasteiger partial charge on any atom is 0.305 e. The fourth-order valence-corrected chi connectivity index (χ4v) is 2.35. The molecule has 0 spiro atoms. The minimum absolute atomic E-state index is 0.0877. The number of nitrogens with one attached hydrogen (secondary N) is 2. The van der Waals surface area contributed by atoms with Crippen LogP contribution in [0.4, 0.5) is 0 Å². The van der Waals surface area contributed by atoms with E-state index < -0.39 is 12.0 Å². The van der Waals surface area contributed by atoms with Gasteiger partial charge >= 0.3 is 5.97 Å². The lowest BCUT2D eigenvalue weighted by Crippen LogP contribution is -2.30. The Morgan fingerprint density at radius 2 is 1.74 bits per heavy atom. The smallest absolute Gasteiger partial charge is 0.305 e. The van der Waals surface area contributed by atoms with Gasteiger partial charge in [-0.15, -0.1) is 0 Å². The maximum absolute atomic E-state index is 12.0. The summed E-state index contributed by atoms with van der Waals surface area (Å²) in [5, 5.41) is 14.4. The Morgan fingerprint density at radius 1 is 1.13 bits per heavy atom. The predicted octanol–water partition coefficient (Wildman–Crippen LogP) is 2.39. The average Bonchev–Trinajstić information content (AvgIpc) is 2.47. The van der Waals surface area contributed by atoms with Crippen molar-refractivity contribution < 1.29 is 19.5 Å². The lowest BCUT2D eigenvalue weighted by molar-refractivity contribution is -0.137. The Bertz CT molecular complexity index is 546. The van der Waals surface area contributed by atoms with Gasteiger partial charge in [-0.25, -0.2) is 0 Å². The zero-order valence-corrected chi connectivity index (χ0v) is 14.6. The third kappa shape index (κ3) is 7.78. The fraction of sp³-hybridized carbons (Fsp3) is 0.438. The Morgan fingerprint density at radius 3 is 2.30 bits per heavy atom. The summed E-state index contributed by atoms with van der Waals surface area (Å²) >= 11 is 3.32. The number of hydrogen-bond donors (Lipinski definition) is 3. The van der Waals surface area contributed by atoms with Crippen molar-refractivity contribution in [1.82, 2.24) is 10.6 Å². The Balaban J connectivity index is 2.56. The highest BCUT2D eigenvalue weighted by molar-refractivity contribution is 9.10. The molecule has 126 valence electrons. The lowest BCUT2D eigenvalue weighted by atomic mass is 10.0. The van der Waals surface area contributed by atoms with Crippen molar-refractivity contribution >= 4 is 33.7 Å². The van der Waals surface area contributed by atoms with Gasteiger partial charge in [-0.2, -0.15) is 0 Å². The van der Waals surface area contributed by atoms with Crippen LogP contribution in [0.2, 0.25) is 0 Å². The summed E-state index contributed by atoms with van der Waals surface area (Å²) < 4.78 is 0.878. The van der Waals surface area contributed by atoms with Gasteiger partial charge in [0.1, 0.15) is 0 Å². The third-order valence-electron chi connectivity index (χ3n) is 3.17. The molecule has 0 radical (unpaired) electrons. The molecule has 0 bridgehead atoms. The summed E-state index contributed by atoms with van der Waals surface area (Å²) in [5.41, 5.74) is 0.729. The van der Waals surface area contributed by atoms with E-state index in [4.69, 9.17) is 5.11 Å². The van der Waals surface area contributed by atoms with Crippen molar-refractivity contribution in [1.29, 1.82) is 0 Å². The molecule has 0 aromatic heterocycles. The van der Waals surface area contributed by atoms with Crippen LogP contribution in [-0.2, 0) is 14.4 Å². The first-order valence-electron chi connectivity index (χ1n) is 7.45. The zero-order chi connectivity index (χ0) is 17.2. The number of carboxylic acid groups (broad SMARTS) is 1. The highest BCUT2D eigenvalue weighted by atomic mass is 79.9. The van der Waals surface area contributed by atoms with E-state index in [1.165, 1.54) is 0 Å². The number of rotatable bonds is 9. The second-order valence-corrected chi connectivity index (χ2v) is 5.99. The normalized spacial score (nSPS) is 11.6. The first-order valence-corrected chi connectivity index (χ1v) is 8.25. The van der Waals surface area contributed by atoms with Gasteiger partial charge in [0.2, 0.25) is 11.8 Å². The standard InChI is InChI=1S/C16H21BrN2O4/c1-2-18-14(20)4-3-5-15(21)19-13(10-16(22)23)11-6-8-12(17)9-7-11/h6-9,13H,2-5,10H2,1H3,(H,18,20)(H,19,21)(H,22,23). The molecule has 0 saturated heterocycles. The molecule has 0 aliphatic rings. The predicted molar refractivity (Wildman–Crippen MR) is 89.8 cm³/mol. The van der Waals surface area contributed by atoms with Gasteiger partial charge in [-0.3, -0.25) is 14.4 Å². The van der Waals surface area contributed by atoms with Crippen LogP contribution >= 0.6 is 15.9 Å². The number of amides is 2. The molecule has 0 aliphatic heterocycles. The van der Waals surface area contributed by atoms with E-state index >= 15 is 0 Å². The van der Waals surface area contributed by atoms with Crippen molar-refractivity contribution in [2.24, 2.45) is 0 Å². The molecule has 0 aliphatic carbocycles. The van der Waals surface area contributed by atoms with Crippen LogP contribution in [0.25, 0.3) is 0 Å². The van der Waals surface area contributed by atoms with E-state index in [-0.39, 0.29) is 31.1 Å². The number of benzene rings is 1. The fourth-order valence-electron chi connectivity index (χ4n) is 2.08. The van der Waals surface area contributed by atoms with Crippen LogP contribution in [-0.4, -0.2) is 29.4 Å². The van der Waals surface area contributed by atoms with Crippen molar-refractivity contribution in [2.75, 3.05) is 6.54 Å². The molecule has 1 unspecified atom stereocenters. The highest BCUT2D eigenvalue weighted by Gasteiger charge is 2.18. The van der Waals surface area contributed by atoms with E-state index in [0.717, 1.165) is 10.0 Å². The van der Waals surface area contributed by atoms with E-state index in [9.17, 15) is 14.4 Å². The molecule has 1 atom stereocenters. The third-order valence-corrected chi connectivity index (χ3v) is 3.70. The van der Waals surface area contributed by atoms with Crippen LogP contribution in [0.3, 0.4) is 0 Å². The SMILES string of the molecule is CCNC(=O)CCCC(=O)NC(CC(=O)O)c1ccc(Br)cc1. The second kappa shape index (κ2) is 9.99. The van der Waals surface area contributed by atoms with Gasteiger partial charge in [0.05, 0.1) is 12.5 Å². The number of aliphatic carboxylic acids is 1. The molecule has 0 fully saturated rings. The molecule has 1 rings (SSSR count). The number of halogens is 1. The molecule has 3 N–H and O–H groups in total. The highest BCUT2D eigenvalue weighted by Crippen LogP contribution is 2.20. The van der Waals surface area contributed by atoms with Gasteiger partial charge in [0, 0.05) is 23.9 Å². The summed E-state index contributed by atoms with van der Waals surface area (Å²) in [4.78, 5) is 34.3. The zero-order valence-electron chi connectivity index (χ0n) is 13.0. The summed E-state index contributed by atoms with van der Waals surface area (Å²) in [6.45, 7) is 2.40. The summed E-state index contributed by atoms with van der Waals surface area (Å²) in [6.07, 6.45) is 0.703. The van der Waals surface area contributed by atoms with Crippen LogP contribution in [0.5, 0.6) is 0 Å². The Kier molecular flexibility index (Phi) is 8.32. The molecule has 7 heteroatoms. The number of hydrogen-bond acceptors (Lipinski definition) is 3. The van der Waals surface area contributed by atoms with E-state index in [0.29, 0.717) is 13.0 Å². The van der Waals surface area contributed by atoms with Crippen molar-refractivity contribution in [2.45, 2.75) is 38.6 Å². The largest absolute Gasteiger partial charge is 0.481 e. The van der Waals surface area contributed by atoms with Gasteiger partial charge in [0.25, 0.3) is 0 Å². The van der Waals surface area contributed by atoms with Gasteiger partial charge in [-0.1, -0.05) is 28.1 Å². The van der Waals surface area contributed by atoms with Gasteiger partial charge < -0.3 is 15.7 Å². The van der Waals surface area contributed by atoms with Crippen LogP contribution in [0.1, 0.15) is 44.2 Å². The van der Waals surface area contributed by atoms with E-state index in [1.54, 1.807) is 24.3 Å². The minimum Gasteiger partial charge on any atom is -0.481 e. The lowest BCUT2D eigenvalue weighted by Gasteiger charge is -2.17. The van der Waals surface area contributed by atoms with Crippen LogP contribution in [0, 0.1) is 0 Å². The second-order valence-electron chi connectivity index (χ2n) is 5.08. The van der Waals surface area contributed by atoms with Crippen LogP contribution < -0.4 is 10.6 Å². The van der Waals surface area contributed by atoms with E-state index in [1.807, 2.05) is 6.92 Å². The average molecular weight is 385 g/mol. The summed E-state index contributed by atoms with van der Waals surface area (Å²) in [7, 11) is 0. The molecular weight excluding hydrogens is 364 g/mol. The van der Waals surface area contributed by atoms with E-state index in [2.05, 4.69) is 26.6 Å². The van der Waals surface area contributed by atoms with Crippen molar-refractivity contribution in [3.05, 3.63) is 34.3 Å². The molecular formula is C16H21BrN2O4. The monoisotopic (exact) mass is 384 g/mol. The minimum atomic E-state index is -0.986. The van der Waals surface area contributed by atoms with Gasteiger partial charge in [-0.05, 0) is 31.0 Å². The Labute approximate surface area is 143 Å². The molecule has 23 heavy (non-hydrogen) atoms. The maximum atomic E-state index is 12.0. The van der Waals surface area contributed by atoms with Crippen molar-refractivity contribution in [3.63, 3.8) is 0 Å².